The highest BCUT2D eigenvalue weighted by Crippen LogP contribution is 2.22. The number of hydrogen-bond acceptors (Lipinski definition) is 9. The Bertz CT molecular complexity index is 1470. The zero-order valence-corrected chi connectivity index (χ0v) is 21.2. The third-order valence-electron chi connectivity index (χ3n) is 4.82. The van der Waals surface area contributed by atoms with E-state index in [-0.39, 0.29) is 35.0 Å². The second kappa shape index (κ2) is 11.2. The number of rotatable bonds is 10. The molecule has 2 heterocycles. The van der Waals surface area contributed by atoms with Gasteiger partial charge in [-0.3, -0.25) is 9.52 Å². The lowest BCUT2D eigenvalue weighted by Crippen LogP contribution is -2.15. The lowest BCUT2D eigenvalue weighted by atomic mass is 10.3. The number of methoxy groups -OCH3 is 2. The minimum Gasteiger partial charge on any atom is -0.486 e. The number of ether oxygens (including phenoxy) is 3. The predicted molar refractivity (Wildman–Crippen MR) is 135 cm³/mol. The molecule has 0 aliphatic carbocycles. The van der Waals surface area contributed by atoms with Crippen molar-refractivity contribution in [3.8, 4) is 17.6 Å². The van der Waals surface area contributed by atoms with E-state index in [0.29, 0.717) is 22.2 Å². The molecule has 192 valence electrons. The first-order chi connectivity index (χ1) is 17.8. The van der Waals surface area contributed by atoms with Gasteiger partial charge in [0.25, 0.3) is 15.9 Å². The molecule has 37 heavy (non-hydrogen) atoms. The first-order valence-electron chi connectivity index (χ1n) is 10.6. The molecular weight excluding hydrogens is 524 g/mol. The van der Waals surface area contributed by atoms with E-state index in [9.17, 15) is 13.2 Å². The average Bonchev–Trinajstić information content (AvgIpc) is 3.37. The molecule has 0 fully saturated rings. The number of nitrogens with zero attached hydrogens (tertiary/aromatic N) is 2. The van der Waals surface area contributed by atoms with Crippen LogP contribution in [0.5, 0.6) is 17.6 Å². The van der Waals surface area contributed by atoms with Gasteiger partial charge in [0.2, 0.25) is 5.88 Å². The van der Waals surface area contributed by atoms with Crippen molar-refractivity contribution in [2.24, 2.45) is 0 Å². The normalized spacial score (nSPS) is 11.0. The van der Waals surface area contributed by atoms with Crippen LogP contribution in [-0.4, -0.2) is 38.5 Å². The molecule has 0 aliphatic rings. The monoisotopic (exact) mass is 544 g/mol. The van der Waals surface area contributed by atoms with Crippen molar-refractivity contribution >= 4 is 39.0 Å². The average molecular weight is 545 g/mol. The molecule has 0 aliphatic heterocycles. The quantitative estimate of drug-likeness (QED) is 0.297. The molecule has 11 nitrogen and oxygen atoms in total. The number of amides is 1. The molecule has 2 N–H and O–H groups in total. The van der Waals surface area contributed by atoms with E-state index in [1.807, 2.05) is 0 Å². The summed E-state index contributed by atoms with van der Waals surface area (Å²) in [5, 5.41) is 3.25. The van der Waals surface area contributed by atoms with Crippen LogP contribution in [0.2, 0.25) is 5.02 Å². The summed E-state index contributed by atoms with van der Waals surface area (Å²) in [7, 11) is -1.27. The zero-order valence-electron chi connectivity index (χ0n) is 19.6. The van der Waals surface area contributed by atoms with Crippen molar-refractivity contribution in [2.75, 3.05) is 24.3 Å². The number of sulfonamides is 1. The zero-order chi connectivity index (χ0) is 26.4. The van der Waals surface area contributed by atoms with Gasteiger partial charge >= 0.3 is 6.01 Å². The van der Waals surface area contributed by atoms with E-state index < -0.39 is 15.9 Å². The summed E-state index contributed by atoms with van der Waals surface area (Å²) in [5.41, 5.74) is 0.365. The number of carbonyl (C=O) groups is 1. The molecule has 1 amide bonds. The standard InChI is InChI=1S/C24H21ClN4O7S/c1-33-22-13-21(27-24(28-22)34-2)29-37(31,32)19-10-5-16(6-11-19)26-23(30)20-12-9-18(36-20)14-35-17-7-3-15(25)4-8-17/h3-13H,14H2,1-2H3,(H,26,30)(H,27,28,29). The van der Waals surface area contributed by atoms with Crippen molar-refractivity contribution in [3.63, 3.8) is 0 Å². The van der Waals surface area contributed by atoms with Gasteiger partial charge in [-0.15, -0.1) is 0 Å². The number of furan rings is 1. The second-order valence-electron chi connectivity index (χ2n) is 7.37. The molecule has 0 saturated carbocycles. The number of aromatic nitrogens is 2. The van der Waals surface area contributed by atoms with Crippen LogP contribution >= 0.6 is 11.6 Å². The van der Waals surface area contributed by atoms with Gasteiger partial charge in [0, 0.05) is 16.8 Å². The van der Waals surface area contributed by atoms with Crippen molar-refractivity contribution < 1.29 is 31.8 Å². The van der Waals surface area contributed by atoms with Crippen LogP contribution in [0.4, 0.5) is 11.5 Å². The third kappa shape index (κ3) is 6.68. The summed E-state index contributed by atoms with van der Waals surface area (Å²) in [6.07, 6.45) is 0. The first-order valence-corrected chi connectivity index (χ1v) is 12.5. The lowest BCUT2D eigenvalue weighted by molar-refractivity contribution is 0.0992. The Morgan fingerprint density at radius 2 is 1.70 bits per heavy atom. The smallest absolute Gasteiger partial charge is 0.321 e. The summed E-state index contributed by atoms with van der Waals surface area (Å²) in [5.74, 6) is 0.710. The number of benzene rings is 2. The summed E-state index contributed by atoms with van der Waals surface area (Å²) in [6, 6.07) is 16.8. The maximum absolute atomic E-state index is 12.8. The number of nitrogens with one attached hydrogen (secondary N) is 2. The van der Waals surface area contributed by atoms with E-state index in [0.717, 1.165) is 0 Å². The maximum atomic E-state index is 12.8. The largest absolute Gasteiger partial charge is 0.486 e. The fourth-order valence-electron chi connectivity index (χ4n) is 3.02. The van der Waals surface area contributed by atoms with Gasteiger partial charge in [-0.1, -0.05) is 11.6 Å². The van der Waals surface area contributed by atoms with Crippen LogP contribution in [0, 0.1) is 0 Å². The molecule has 0 atom stereocenters. The Hall–Kier alpha value is -4.29. The molecule has 0 spiro atoms. The van der Waals surface area contributed by atoms with Crippen molar-refractivity contribution in [2.45, 2.75) is 11.5 Å². The maximum Gasteiger partial charge on any atom is 0.321 e. The highest BCUT2D eigenvalue weighted by atomic mass is 35.5. The number of carbonyl (C=O) groups excluding carboxylic acids is 1. The number of anilines is 2. The van der Waals surface area contributed by atoms with E-state index in [1.54, 1.807) is 30.3 Å². The van der Waals surface area contributed by atoms with Crippen LogP contribution in [0.3, 0.4) is 0 Å². The third-order valence-corrected chi connectivity index (χ3v) is 6.44. The summed E-state index contributed by atoms with van der Waals surface area (Å²) in [6.45, 7) is 0.124. The van der Waals surface area contributed by atoms with Crippen LogP contribution in [0.15, 0.2) is 76.0 Å². The minimum atomic E-state index is -3.99. The van der Waals surface area contributed by atoms with Gasteiger partial charge in [-0.05, 0) is 60.7 Å². The Morgan fingerprint density at radius 1 is 0.973 bits per heavy atom. The summed E-state index contributed by atoms with van der Waals surface area (Å²) in [4.78, 5) is 20.4. The van der Waals surface area contributed by atoms with E-state index >= 15 is 0 Å². The van der Waals surface area contributed by atoms with Crippen molar-refractivity contribution in [3.05, 3.63) is 83.3 Å². The fourth-order valence-corrected chi connectivity index (χ4v) is 4.14. The highest BCUT2D eigenvalue weighted by Gasteiger charge is 2.18. The minimum absolute atomic E-state index is 0.0326. The number of halogens is 1. The Kier molecular flexibility index (Phi) is 7.80. The first kappa shape index (κ1) is 25.8. The van der Waals surface area contributed by atoms with Crippen molar-refractivity contribution in [1.29, 1.82) is 0 Å². The van der Waals surface area contributed by atoms with Gasteiger partial charge in [0.1, 0.15) is 18.1 Å². The number of hydrogen-bond donors (Lipinski definition) is 2. The van der Waals surface area contributed by atoms with Gasteiger partial charge in [0.15, 0.2) is 11.6 Å². The summed E-state index contributed by atoms with van der Waals surface area (Å²) >= 11 is 5.85. The molecule has 2 aromatic carbocycles. The van der Waals surface area contributed by atoms with E-state index in [2.05, 4.69) is 20.0 Å². The Balaban J connectivity index is 1.37. The lowest BCUT2D eigenvalue weighted by Gasteiger charge is -2.10. The Morgan fingerprint density at radius 3 is 2.38 bits per heavy atom. The molecular formula is C24H21ClN4O7S. The molecule has 13 heteroatoms. The van der Waals surface area contributed by atoms with Gasteiger partial charge in [0.05, 0.1) is 19.1 Å². The topological polar surface area (TPSA) is 142 Å². The van der Waals surface area contributed by atoms with Crippen LogP contribution < -0.4 is 24.2 Å². The molecule has 2 aromatic heterocycles. The van der Waals surface area contributed by atoms with E-state index in [1.165, 1.54) is 50.6 Å². The SMILES string of the molecule is COc1cc(NS(=O)(=O)c2ccc(NC(=O)c3ccc(COc4ccc(Cl)cc4)o3)cc2)nc(OC)n1. The van der Waals surface area contributed by atoms with Crippen LogP contribution in [0.1, 0.15) is 16.3 Å². The molecule has 4 rings (SSSR count). The molecule has 4 aromatic rings. The fraction of sp³-hybridized carbons (Fsp3) is 0.125. The molecule has 0 saturated heterocycles. The van der Waals surface area contributed by atoms with Gasteiger partial charge < -0.3 is 23.9 Å². The van der Waals surface area contributed by atoms with Crippen molar-refractivity contribution in [1.82, 2.24) is 9.97 Å². The Labute approximate surface area is 217 Å². The highest BCUT2D eigenvalue weighted by molar-refractivity contribution is 7.92. The summed E-state index contributed by atoms with van der Waals surface area (Å²) < 4.78 is 49.0. The van der Waals surface area contributed by atoms with E-state index in [4.69, 9.17) is 30.2 Å². The van der Waals surface area contributed by atoms with Gasteiger partial charge in [-0.2, -0.15) is 9.97 Å². The predicted octanol–water partition coefficient (Wildman–Crippen LogP) is 4.37. The molecule has 0 unspecified atom stereocenters. The molecule has 0 radical (unpaired) electrons. The van der Waals surface area contributed by atoms with Crippen LogP contribution in [-0.2, 0) is 16.6 Å². The second-order valence-corrected chi connectivity index (χ2v) is 9.49. The van der Waals surface area contributed by atoms with Gasteiger partial charge in [-0.25, -0.2) is 8.42 Å². The molecule has 0 bridgehead atoms. The van der Waals surface area contributed by atoms with Crippen LogP contribution in [0.25, 0.3) is 0 Å².